The summed E-state index contributed by atoms with van der Waals surface area (Å²) >= 11 is 3.31. The summed E-state index contributed by atoms with van der Waals surface area (Å²) in [5, 5.41) is 10.1. The molecule has 1 atom stereocenters. The van der Waals surface area contributed by atoms with E-state index in [-0.39, 0.29) is 6.54 Å². The summed E-state index contributed by atoms with van der Waals surface area (Å²) < 4.78 is 26.5. The van der Waals surface area contributed by atoms with Gasteiger partial charge in [0.05, 0.1) is 6.10 Å². The number of rotatable bonds is 6. The highest BCUT2D eigenvalue weighted by Gasteiger charge is 2.05. The van der Waals surface area contributed by atoms with Crippen molar-refractivity contribution in [3.05, 3.63) is 39.7 Å². The van der Waals surface area contributed by atoms with Crippen molar-refractivity contribution in [2.45, 2.75) is 19.4 Å². The molecule has 18 heavy (non-hydrogen) atoms. The van der Waals surface area contributed by atoms with Crippen LogP contribution in [0.2, 0.25) is 0 Å². The number of sulfonamides is 1. The minimum absolute atomic E-state index is 0.227. The highest BCUT2D eigenvalue weighted by Crippen LogP contribution is 2.11. The molecule has 0 spiro atoms. The minimum Gasteiger partial charge on any atom is -0.393 e. The van der Waals surface area contributed by atoms with Gasteiger partial charge < -0.3 is 5.11 Å². The van der Waals surface area contributed by atoms with Crippen LogP contribution in [0.3, 0.4) is 0 Å². The van der Waals surface area contributed by atoms with Gasteiger partial charge in [-0.3, -0.25) is 0 Å². The van der Waals surface area contributed by atoms with Gasteiger partial charge in [0.2, 0.25) is 10.0 Å². The third-order valence-electron chi connectivity index (χ3n) is 2.18. The number of aliphatic hydroxyl groups is 1. The van der Waals surface area contributed by atoms with Gasteiger partial charge in [-0.2, -0.15) is 0 Å². The van der Waals surface area contributed by atoms with Crippen molar-refractivity contribution in [1.82, 2.24) is 4.72 Å². The maximum absolute atomic E-state index is 11.6. The van der Waals surface area contributed by atoms with Gasteiger partial charge in [0.1, 0.15) is 0 Å². The summed E-state index contributed by atoms with van der Waals surface area (Å²) in [7, 11) is -3.44. The average molecular weight is 334 g/mol. The van der Waals surface area contributed by atoms with Crippen LogP contribution in [0.4, 0.5) is 0 Å². The van der Waals surface area contributed by atoms with Gasteiger partial charge in [-0.15, -0.1) is 0 Å². The van der Waals surface area contributed by atoms with E-state index < -0.39 is 16.1 Å². The van der Waals surface area contributed by atoms with E-state index in [0.717, 1.165) is 15.4 Å². The second-order valence-corrected chi connectivity index (χ2v) is 6.50. The van der Waals surface area contributed by atoms with E-state index in [1.807, 2.05) is 24.3 Å². The first kappa shape index (κ1) is 15.4. The SMILES string of the molecule is CC(O)CCNS(=O)(=O)/C=C/c1ccc(Br)cc1. The van der Waals surface area contributed by atoms with Crippen LogP contribution in [-0.2, 0) is 10.0 Å². The fraction of sp³-hybridized carbons (Fsp3) is 0.333. The van der Waals surface area contributed by atoms with Gasteiger partial charge in [0, 0.05) is 16.4 Å². The number of hydrogen-bond acceptors (Lipinski definition) is 3. The van der Waals surface area contributed by atoms with Crippen LogP contribution >= 0.6 is 15.9 Å². The Bertz CT molecular complexity index is 495. The fourth-order valence-corrected chi connectivity index (χ4v) is 2.30. The van der Waals surface area contributed by atoms with E-state index in [1.165, 1.54) is 6.08 Å². The highest BCUT2D eigenvalue weighted by molar-refractivity contribution is 9.10. The van der Waals surface area contributed by atoms with Crippen LogP contribution in [0.25, 0.3) is 6.08 Å². The van der Waals surface area contributed by atoms with Crippen molar-refractivity contribution < 1.29 is 13.5 Å². The molecule has 1 aromatic rings. The predicted octanol–water partition coefficient (Wildman–Crippen LogP) is 2.11. The number of hydrogen-bond donors (Lipinski definition) is 2. The Morgan fingerprint density at radius 3 is 2.56 bits per heavy atom. The lowest BCUT2D eigenvalue weighted by molar-refractivity contribution is 0.186. The molecule has 1 unspecified atom stereocenters. The Hall–Kier alpha value is -0.690. The first-order valence-corrected chi connectivity index (χ1v) is 7.84. The normalized spacial score (nSPS) is 13.9. The predicted molar refractivity (Wildman–Crippen MR) is 76.4 cm³/mol. The van der Waals surface area contributed by atoms with Gasteiger partial charge in [-0.25, -0.2) is 13.1 Å². The Morgan fingerprint density at radius 2 is 2.00 bits per heavy atom. The molecule has 0 aliphatic rings. The smallest absolute Gasteiger partial charge is 0.233 e. The Morgan fingerprint density at radius 1 is 1.39 bits per heavy atom. The minimum atomic E-state index is -3.44. The van der Waals surface area contributed by atoms with Crippen LogP contribution in [0.1, 0.15) is 18.9 Å². The third kappa shape index (κ3) is 6.30. The second kappa shape index (κ2) is 7.04. The zero-order chi connectivity index (χ0) is 13.6. The summed E-state index contributed by atoms with van der Waals surface area (Å²) in [6, 6.07) is 7.30. The largest absolute Gasteiger partial charge is 0.393 e. The van der Waals surface area contributed by atoms with Crippen LogP contribution < -0.4 is 4.72 Å². The average Bonchev–Trinajstić information content (AvgIpc) is 2.27. The molecule has 6 heteroatoms. The lowest BCUT2D eigenvalue weighted by atomic mass is 10.2. The number of nitrogens with one attached hydrogen (secondary N) is 1. The van der Waals surface area contributed by atoms with E-state index in [2.05, 4.69) is 20.7 Å². The number of benzene rings is 1. The summed E-state index contributed by atoms with van der Waals surface area (Å²) in [5.41, 5.74) is 0.805. The fourth-order valence-electron chi connectivity index (χ4n) is 1.20. The molecule has 0 amide bonds. The van der Waals surface area contributed by atoms with Crippen LogP contribution in [0, 0.1) is 0 Å². The Labute approximate surface area is 116 Å². The molecule has 1 rings (SSSR count). The van der Waals surface area contributed by atoms with Crippen molar-refractivity contribution in [1.29, 1.82) is 0 Å². The van der Waals surface area contributed by atoms with Gasteiger partial charge in [-0.1, -0.05) is 28.1 Å². The maximum Gasteiger partial charge on any atom is 0.233 e. The molecule has 2 N–H and O–H groups in total. The van der Waals surface area contributed by atoms with E-state index in [4.69, 9.17) is 5.11 Å². The molecule has 0 heterocycles. The molecule has 0 aliphatic heterocycles. The zero-order valence-electron chi connectivity index (χ0n) is 10.0. The first-order valence-electron chi connectivity index (χ1n) is 5.50. The van der Waals surface area contributed by atoms with Crippen LogP contribution in [-0.4, -0.2) is 26.2 Å². The molecular formula is C12H16BrNO3S. The molecule has 0 aliphatic carbocycles. The summed E-state index contributed by atoms with van der Waals surface area (Å²) in [6.45, 7) is 1.84. The van der Waals surface area contributed by atoms with Gasteiger partial charge >= 0.3 is 0 Å². The standard InChI is InChI=1S/C12H16BrNO3S/c1-10(15)6-8-14-18(16,17)9-7-11-2-4-12(13)5-3-11/h2-5,7,9-10,14-15H,6,8H2,1H3/b9-7+. The molecular weight excluding hydrogens is 318 g/mol. The molecule has 0 saturated carbocycles. The molecule has 100 valence electrons. The Balaban J connectivity index is 2.57. The summed E-state index contributed by atoms with van der Waals surface area (Å²) in [6.07, 6.45) is 1.41. The van der Waals surface area contributed by atoms with Crippen molar-refractivity contribution in [2.24, 2.45) is 0 Å². The van der Waals surface area contributed by atoms with E-state index >= 15 is 0 Å². The molecule has 0 aromatic heterocycles. The van der Waals surface area contributed by atoms with Gasteiger partial charge in [0.15, 0.2) is 0 Å². The second-order valence-electron chi connectivity index (χ2n) is 3.93. The summed E-state index contributed by atoms with van der Waals surface area (Å²) in [4.78, 5) is 0. The zero-order valence-corrected chi connectivity index (χ0v) is 12.4. The number of halogens is 1. The molecule has 1 aromatic carbocycles. The van der Waals surface area contributed by atoms with E-state index in [9.17, 15) is 8.42 Å². The van der Waals surface area contributed by atoms with Gasteiger partial charge in [-0.05, 0) is 37.1 Å². The van der Waals surface area contributed by atoms with Crippen LogP contribution in [0.5, 0.6) is 0 Å². The maximum atomic E-state index is 11.6. The van der Waals surface area contributed by atoms with Crippen molar-refractivity contribution in [2.75, 3.05) is 6.54 Å². The van der Waals surface area contributed by atoms with Gasteiger partial charge in [0.25, 0.3) is 0 Å². The summed E-state index contributed by atoms with van der Waals surface area (Å²) in [5.74, 6) is 0. The lowest BCUT2D eigenvalue weighted by Crippen LogP contribution is -2.24. The monoisotopic (exact) mass is 333 g/mol. The molecule has 0 bridgehead atoms. The van der Waals surface area contributed by atoms with E-state index in [0.29, 0.717) is 6.42 Å². The topological polar surface area (TPSA) is 66.4 Å². The van der Waals surface area contributed by atoms with Crippen LogP contribution in [0.15, 0.2) is 34.1 Å². The Kier molecular flexibility index (Phi) is 6.01. The third-order valence-corrected chi connectivity index (χ3v) is 3.80. The van der Waals surface area contributed by atoms with Crippen molar-refractivity contribution in [3.63, 3.8) is 0 Å². The highest BCUT2D eigenvalue weighted by atomic mass is 79.9. The molecule has 0 fully saturated rings. The van der Waals surface area contributed by atoms with Crippen molar-refractivity contribution in [3.8, 4) is 0 Å². The first-order chi connectivity index (χ1) is 8.39. The lowest BCUT2D eigenvalue weighted by Gasteiger charge is -2.04. The van der Waals surface area contributed by atoms with E-state index in [1.54, 1.807) is 6.92 Å². The molecule has 0 radical (unpaired) electrons. The quantitative estimate of drug-likeness (QED) is 0.837. The van der Waals surface area contributed by atoms with Crippen molar-refractivity contribution >= 4 is 32.0 Å². The molecule has 0 saturated heterocycles. The number of aliphatic hydroxyl groups excluding tert-OH is 1. The molecule has 4 nitrogen and oxygen atoms in total.